The second-order valence-electron chi connectivity index (χ2n) is 4.56. The normalized spacial score (nSPS) is 14.8. The Kier molecular flexibility index (Phi) is 5.50. The molecule has 0 amide bonds. The van der Waals surface area contributed by atoms with Crippen LogP contribution >= 0.6 is 0 Å². The summed E-state index contributed by atoms with van der Waals surface area (Å²) in [6.45, 7) is 3.54. The molecular weight excluding hydrogens is 266 g/mol. The molecule has 0 saturated heterocycles. The van der Waals surface area contributed by atoms with E-state index in [4.69, 9.17) is 5.11 Å². The summed E-state index contributed by atoms with van der Waals surface area (Å²) in [5, 5.41) is 9.08. The van der Waals surface area contributed by atoms with E-state index in [2.05, 4.69) is 4.72 Å². The molecule has 6 heteroatoms. The average Bonchev–Trinajstić information content (AvgIpc) is 2.35. The summed E-state index contributed by atoms with van der Waals surface area (Å²) in [6, 6.07) is 7.58. The van der Waals surface area contributed by atoms with Gasteiger partial charge in [0.05, 0.1) is 5.75 Å². The maximum Gasteiger partial charge on any atom is 0.322 e. The maximum atomic E-state index is 12.0. The van der Waals surface area contributed by atoms with Crippen molar-refractivity contribution < 1.29 is 18.3 Å². The summed E-state index contributed by atoms with van der Waals surface area (Å²) in [5.41, 5.74) is 0.628. The quantitative estimate of drug-likeness (QED) is 0.797. The minimum atomic E-state index is -3.66. The highest BCUT2D eigenvalue weighted by Crippen LogP contribution is 2.11. The van der Waals surface area contributed by atoms with E-state index in [9.17, 15) is 13.2 Å². The monoisotopic (exact) mass is 285 g/mol. The summed E-state index contributed by atoms with van der Waals surface area (Å²) in [6.07, 6.45) is 0.588. The van der Waals surface area contributed by atoms with Crippen LogP contribution in [0.15, 0.2) is 30.3 Å². The maximum absolute atomic E-state index is 12.0. The number of nitrogens with one attached hydrogen (secondary N) is 1. The largest absolute Gasteiger partial charge is 0.480 e. The molecule has 19 heavy (non-hydrogen) atoms. The van der Waals surface area contributed by atoms with Gasteiger partial charge in [-0.25, -0.2) is 13.1 Å². The summed E-state index contributed by atoms with van der Waals surface area (Å²) in [4.78, 5) is 11.1. The number of rotatable bonds is 7. The Morgan fingerprint density at radius 2 is 1.89 bits per heavy atom. The van der Waals surface area contributed by atoms with Crippen LogP contribution in [0.3, 0.4) is 0 Å². The van der Waals surface area contributed by atoms with Gasteiger partial charge in [-0.15, -0.1) is 0 Å². The van der Waals surface area contributed by atoms with Crippen molar-refractivity contribution in [1.29, 1.82) is 0 Å². The van der Waals surface area contributed by atoms with Gasteiger partial charge >= 0.3 is 5.97 Å². The van der Waals surface area contributed by atoms with E-state index in [-0.39, 0.29) is 11.7 Å². The standard InChI is InChI=1S/C13H19NO4S/c1-3-10(2)12(13(15)16)14-19(17,18)9-11-7-5-4-6-8-11/h4-8,10,12,14H,3,9H2,1-2H3,(H,15,16)/t10-,12-/m1/s1. The van der Waals surface area contributed by atoms with Crippen LogP contribution < -0.4 is 4.72 Å². The first-order valence-corrected chi connectivity index (χ1v) is 7.77. The first-order chi connectivity index (χ1) is 8.85. The summed E-state index contributed by atoms with van der Waals surface area (Å²) in [5.74, 6) is -1.62. The molecule has 1 rings (SSSR count). The van der Waals surface area contributed by atoms with E-state index in [0.717, 1.165) is 0 Å². The zero-order chi connectivity index (χ0) is 14.5. The molecule has 5 nitrogen and oxygen atoms in total. The Hall–Kier alpha value is -1.40. The fourth-order valence-corrected chi connectivity index (χ4v) is 3.11. The van der Waals surface area contributed by atoms with Gasteiger partial charge in [0.1, 0.15) is 6.04 Å². The van der Waals surface area contributed by atoms with E-state index in [0.29, 0.717) is 12.0 Å². The zero-order valence-corrected chi connectivity index (χ0v) is 11.9. The fraction of sp³-hybridized carbons (Fsp3) is 0.462. The Balaban J connectivity index is 2.80. The molecule has 106 valence electrons. The van der Waals surface area contributed by atoms with E-state index < -0.39 is 22.0 Å². The molecule has 2 N–H and O–H groups in total. The Morgan fingerprint density at radius 1 is 1.32 bits per heavy atom. The van der Waals surface area contributed by atoms with Crippen LogP contribution in [0.25, 0.3) is 0 Å². The highest BCUT2D eigenvalue weighted by Gasteiger charge is 2.28. The molecule has 0 unspecified atom stereocenters. The minimum Gasteiger partial charge on any atom is -0.480 e. The van der Waals surface area contributed by atoms with Gasteiger partial charge in [-0.3, -0.25) is 4.79 Å². The number of sulfonamides is 1. The van der Waals surface area contributed by atoms with E-state index in [1.54, 1.807) is 37.3 Å². The van der Waals surface area contributed by atoms with Crippen molar-refractivity contribution in [2.24, 2.45) is 5.92 Å². The molecular formula is C13H19NO4S. The highest BCUT2D eigenvalue weighted by atomic mass is 32.2. The van der Waals surface area contributed by atoms with Crippen molar-refractivity contribution in [2.45, 2.75) is 32.1 Å². The lowest BCUT2D eigenvalue weighted by Crippen LogP contribution is -2.45. The molecule has 0 fully saturated rings. The lowest BCUT2D eigenvalue weighted by molar-refractivity contribution is -0.140. The van der Waals surface area contributed by atoms with Crippen molar-refractivity contribution in [3.63, 3.8) is 0 Å². The van der Waals surface area contributed by atoms with Gasteiger partial charge in [-0.2, -0.15) is 0 Å². The molecule has 0 saturated carbocycles. The van der Waals surface area contributed by atoms with Gasteiger partial charge in [0.25, 0.3) is 0 Å². The van der Waals surface area contributed by atoms with Gasteiger partial charge in [0.15, 0.2) is 0 Å². The first kappa shape index (κ1) is 15.7. The molecule has 0 heterocycles. The average molecular weight is 285 g/mol. The number of carbonyl (C=O) groups is 1. The van der Waals surface area contributed by atoms with Crippen LogP contribution in [-0.2, 0) is 20.6 Å². The molecule has 0 spiro atoms. The molecule has 0 aliphatic rings. The predicted molar refractivity (Wildman–Crippen MR) is 73.1 cm³/mol. The second-order valence-corrected chi connectivity index (χ2v) is 6.32. The van der Waals surface area contributed by atoms with Crippen molar-refractivity contribution in [2.75, 3.05) is 0 Å². The number of carboxylic acids is 1. The van der Waals surface area contributed by atoms with Crippen LogP contribution in [0.1, 0.15) is 25.8 Å². The molecule has 1 aromatic rings. The number of aliphatic carboxylic acids is 1. The summed E-state index contributed by atoms with van der Waals surface area (Å²) in [7, 11) is -3.66. The molecule has 0 aliphatic heterocycles. The molecule has 1 aromatic carbocycles. The fourth-order valence-electron chi connectivity index (χ4n) is 1.67. The second kappa shape index (κ2) is 6.68. The number of benzene rings is 1. The molecule has 0 aliphatic carbocycles. The first-order valence-electron chi connectivity index (χ1n) is 6.12. The highest BCUT2D eigenvalue weighted by molar-refractivity contribution is 7.88. The minimum absolute atomic E-state index is 0.214. The third-order valence-electron chi connectivity index (χ3n) is 2.99. The molecule has 0 bridgehead atoms. The SMILES string of the molecule is CC[C@@H](C)[C@@H](NS(=O)(=O)Cc1ccccc1)C(=O)O. The lowest BCUT2D eigenvalue weighted by atomic mass is 10.0. The van der Waals surface area contributed by atoms with E-state index in [1.165, 1.54) is 0 Å². The number of carboxylic acid groups (broad SMARTS) is 1. The van der Waals surface area contributed by atoms with Crippen LogP contribution in [0.2, 0.25) is 0 Å². The number of hydrogen-bond acceptors (Lipinski definition) is 3. The van der Waals surface area contributed by atoms with E-state index >= 15 is 0 Å². The van der Waals surface area contributed by atoms with Crippen LogP contribution in [0, 0.1) is 5.92 Å². The van der Waals surface area contributed by atoms with Crippen molar-refractivity contribution in [3.8, 4) is 0 Å². The molecule has 0 aromatic heterocycles. The number of hydrogen-bond donors (Lipinski definition) is 2. The van der Waals surface area contributed by atoms with Crippen molar-refractivity contribution >= 4 is 16.0 Å². The van der Waals surface area contributed by atoms with Crippen LogP contribution in [-0.4, -0.2) is 25.5 Å². The van der Waals surface area contributed by atoms with Crippen molar-refractivity contribution in [1.82, 2.24) is 4.72 Å². The third kappa shape index (κ3) is 5.00. The van der Waals surface area contributed by atoms with Crippen LogP contribution in [0.5, 0.6) is 0 Å². The van der Waals surface area contributed by atoms with Crippen LogP contribution in [0.4, 0.5) is 0 Å². The topological polar surface area (TPSA) is 83.5 Å². The van der Waals surface area contributed by atoms with Gasteiger partial charge in [-0.05, 0) is 11.5 Å². The Morgan fingerprint density at radius 3 is 2.37 bits per heavy atom. The van der Waals surface area contributed by atoms with Gasteiger partial charge in [0, 0.05) is 0 Å². The zero-order valence-electron chi connectivity index (χ0n) is 11.0. The smallest absolute Gasteiger partial charge is 0.322 e. The Bertz CT molecular complexity index is 513. The van der Waals surface area contributed by atoms with Gasteiger partial charge < -0.3 is 5.11 Å². The predicted octanol–water partition coefficient (Wildman–Crippen LogP) is 1.61. The van der Waals surface area contributed by atoms with E-state index in [1.807, 2.05) is 6.92 Å². The van der Waals surface area contributed by atoms with Gasteiger partial charge in [-0.1, -0.05) is 50.6 Å². The lowest BCUT2D eigenvalue weighted by Gasteiger charge is -2.20. The molecule has 2 atom stereocenters. The Labute approximate surface area is 113 Å². The summed E-state index contributed by atoms with van der Waals surface area (Å²) >= 11 is 0. The summed E-state index contributed by atoms with van der Waals surface area (Å²) < 4.78 is 26.2. The third-order valence-corrected chi connectivity index (χ3v) is 4.31. The van der Waals surface area contributed by atoms with Crippen molar-refractivity contribution in [3.05, 3.63) is 35.9 Å². The van der Waals surface area contributed by atoms with Gasteiger partial charge in [0.2, 0.25) is 10.0 Å². The molecule has 0 radical (unpaired) electrons.